The van der Waals surface area contributed by atoms with Crippen LogP contribution in [-0.2, 0) is 7.05 Å². The van der Waals surface area contributed by atoms with Crippen LogP contribution in [0, 0.1) is 0 Å². The first kappa shape index (κ1) is 14.2. The van der Waals surface area contributed by atoms with Gasteiger partial charge < -0.3 is 10.2 Å². The first-order valence-corrected chi connectivity index (χ1v) is 6.35. The Balaban J connectivity index is 3.07. The minimum Gasteiger partial charge on any atom is -0.309 e. The molecular weight excluding hydrogens is 212 g/mol. The Morgan fingerprint density at radius 1 is 1.47 bits per heavy atom. The Labute approximate surface area is 105 Å². The summed E-state index contributed by atoms with van der Waals surface area (Å²) < 4.78 is 1.87. The van der Waals surface area contributed by atoms with E-state index in [1.54, 1.807) is 0 Å². The Bertz CT molecular complexity index is 345. The number of aryl methyl sites for hydroxylation is 1. The fraction of sp³-hybridized carbons (Fsp3) is 0.769. The van der Waals surface area contributed by atoms with E-state index >= 15 is 0 Å². The van der Waals surface area contributed by atoms with Crippen molar-refractivity contribution in [1.29, 1.82) is 0 Å². The van der Waals surface area contributed by atoms with Gasteiger partial charge in [0, 0.05) is 24.3 Å². The van der Waals surface area contributed by atoms with Gasteiger partial charge in [-0.05, 0) is 34.0 Å². The lowest BCUT2D eigenvalue weighted by atomic mass is 9.84. The summed E-state index contributed by atoms with van der Waals surface area (Å²) in [5.74, 6) is 0. The van der Waals surface area contributed by atoms with Gasteiger partial charge >= 0.3 is 0 Å². The van der Waals surface area contributed by atoms with E-state index in [4.69, 9.17) is 0 Å². The Morgan fingerprint density at radius 3 is 2.47 bits per heavy atom. The largest absolute Gasteiger partial charge is 0.309 e. The molecule has 1 N–H and O–H groups in total. The van der Waals surface area contributed by atoms with Crippen molar-refractivity contribution in [1.82, 2.24) is 20.0 Å². The molecule has 0 saturated heterocycles. The van der Waals surface area contributed by atoms with Crippen LogP contribution < -0.4 is 5.32 Å². The van der Waals surface area contributed by atoms with Gasteiger partial charge in [-0.15, -0.1) is 0 Å². The van der Waals surface area contributed by atoms with E-state index in [1.165, 1.54) is 5.56 Å². The van der Waals surface area contributed by atoms with Gasteiger partial charge in [0.1, 0.15) is 0 Å². The molecule has 0 radical (unpaired) electrons. The molecule has 2 atom stereocenters. The van der Waals surface area contributed by atoms with Crippen LogP contribution in [0.5, 0.6) is 0 Å². The summed E-state index contributed by atoms with van der Waals surface area (Å²) in [6.45, 7) is 7.64. The van der Waals surface area contributed by atoms with E-state index in [-0.39, 0.29) is 5.54 Å². The molecule has 4 nitrogen and oxygen atoms in total. The first-order valence-electron chi connectivity index (χ1n) is 6.35. The van der Waals surface area contributed by atoms with Crippen molar-refractivity contribution in [2.75, 3.05) is 20.6 Å². The molecule has 0 saturated carbocycles. The lowest BCUT2D eigenvalue weighted by Crippen LogP contribution is -2.51. The lowest BCUT2D eigenvalue weighted by Gasteiger charge is -2.42. The van der Waals surface area contributed by atoms with E-state index in [9.17, 15) is 0 Å². The number of hydrogen-bond acceptors (Lipinski definition) is 3. The van der Waals surface area contributed by atoms with Gasteiger partial charge in [-0.3, -0.25) is 4.68 Å². The summed E-state index contributed by atoms with van der Waals surface area (Å²) in [5.41, 5.74) is 1.35. The fourth-order valence-corrected chi connectivity index (χ4v) is 2.27. The second-order valence-electron chi connectivity index (χ2n) is 5.04. The summed E-state index contributed by atoms with van der Waals surface area (Å²) in [6, 6.07) is 0.307. The molecule has 0 amide bonds. The maximum Gasteiger partial charge on any atom is 0.0538 e. The standard InChI is InChI=1S/C13H26N4/c1-7-13(3,16(4)5)12(14-8-2)11-9-15-17(6)10-11/h9-10,12,14H,7-8H2,1-6H3. The summed E-state index contributed by atoms with van der Waals surface area (Å²) in [5, 5.41) is 7.88. The maximum absolute atomic E-state index is 4.29. The molecule has 0 spiro atoms. The van der Waals surface area contributed by atoms with Crippen molar-refractivity contribution in [2.24, 2.45) is 7.05 Å². The third-order valence-electron chi connectivity index (χ3n) is 3.83. The van der Waals surface area contributed by atoms with Gasteiger partial charge in [-0.1, -0.05) is 13.8 Å². The van der Waals surface area contributed by atoms with Crippen LogP contribution >= 0.6 is 0 Å². The van der Waals surface area contributed by atoms with Crippen molar-refractivity contribution < 1.29 is 0 Å². The summed E-state index contributed by atoms with van der Waals surface area (Å²) in [7, 11) is 6.25. The highest BCUT2D eigenvalue weighted by Gasteiger charge is 2.35. The maximum atomic E-state index is 4.29. The molecule has 0 fully saturated rings. The molecule has 1 aromatic heterocycles. The highest BCUT2D eigenvalue weighted by molar-refractivity contribution is 5.17. The number of aromatic nitrogens is 2. The SMILES string of the molecule is CCNC(c1cnn(C)c1)C(C)(CC)N(C)C. The van der Waals surface area contributed by atoms with Gasteiger partial charge in [0.15, 0.2) is 0 Å². The van der Waals surface area contributed by atoms with Gasteiger partial charge in [0.2, 0.25) is 0 Å². The van der Waals surface area contributed by atoms with Crippen molar-refractivity contribution in [2.45, 2.75) is 38.8 Å². The average molecular weight is 238 g/mol. The molecule has 1 aromatic rings. The minimum atomic E-state index is 0.0963. The summed E-state index contributed by atoms with van der Waals surface area (Å²) in [6.07, 6.45) is 5.15. The predicted molar refractivity (Wildman–Crippen MR) is 72.0 cm³/mol. The Morgan fingerprint density at radius 2 is 2.12 bits per heavy atom. The zero-order valence-corrected chi connectivity index (χ0v) is 12.0. The molecular formula is C13H26N4. The average Bonchev–Trinajstić information content (AvgIpc) is 2.71. The highest BCUT2D eigenvalue weighted by Crippen LogP contribution is 2.32. The zero-order chi connectivity index (χ0) is 13.1. The molecule has 4 heteroatoms. The first-order chi connectivity index (χ1) is 7.95. The molecule has 1 rings (SSSR count). The molecule has 2 unspecified atom stereocenters. The van der Waals surface area contributed by atoms with Crippen LogP contribution in [0.1, 0.15) is 38.8 Å². The minimum absolute atomic E-state index is 0.0963. The van der Waals surface area contributed by atoms with Gasteiger partial charge in [-0.25, -0.2) is 0 Å². The van der Waals surface area contributed by atoms with Crippen LogP contribution in [0.3, 0.4) is 0 Å². The van der Waals surface area contributed by atoms with E-state index in [0.29, 0.717) is 6.04 Å². The van der Waals surface area contributed by atoms with Crippen molar-refractivity contribution in [3.63, 3.8) is 0 Å². The van der Waals surface area contributed by atoms with Crippen LogP contribution in [-0.4, -0.2) is 40.9 Å². The van der Waals surface area contributed by atoms with E-state index < -0.39 is 0 Å². The fourth-order valence-electron chi connectivity index (χ4n) is 2.27. The topological polar surface area (TPSA) is 33.1 Å². The van der Waals surface area contributed by atoms with Gasteiger partial charge in [-0.2, -0.15) is 5.10 Å². The van der Waals surface area contributed by atoms with Crippen molar-refractivity contribution in [3.8, 4) is 0 Å². The molecule has 17 heavy (non-hydrogen) atoms. The predicted octanol–water partition coefficient (Wildman–Crippen LogP) is 1.80. The second-order valence-corrected chi connectivity index (χ2v) is 5.04. The van der Waals surface area contributed by atoms with Crippen LogP contribution in [0.4, 0.5) is 0 Å². The Hall–Kier alpha value is -0.870. The van der Waals surface area contributed by atoms with E-state index in [2.05, 4.69) is 56.4 Å². The zero-order valence-electron chi connectivity index (χ0n) is 12.0. The molecule has 98 valence electrons. The quantitative estimate of drug-likeness (QED) is 0.820. The summed E-state index contributed by atoms with van der Waals surface area (Å²) in [4.78, 5) is 2.30. The van der Waals surface area contributed by atoms with Crippen molar-refractivity contribution in [3.05, 3.63) is 18.0 Å². The van der Waals surface area contributed by atoms with Crippen LogP contribution in [0.15, 0.2) is 12.4 Å². The molecule has 1 heterocycles. The molecule has 0 aliphatic rings. The van der Waals surface area contributed by atoms with Gasteiger partial charge in [0.05, 0.1) is 12.2 Å². The number of likely N-dealkylation sites (N-methyl/N-ethyl adjacent to an activating group) is 2. The van der Waals surface area contributed by atoms with Crippen LogP contribution in [0.2, 0.25) is 0 Å². The second kappa shape index (κ2) is 5.65. The molecule has 0 aliphatic carbocycles. The van der Waals surface area contributed by atoms with E-state index in [0.717, 1.165) is 13.0 Å². The number of nitrogens with one attached hydrogen (secondary N) is 1. The molecule has 0 aliphatic heterocycles. The number of nitrogens with zero attached hydrogens (tertiary/aromatic N) is 3. The highest BCUT2D eigenvalue weighted by atomic mass is 15.2. The summed E-state index contributed by atoms with van der Waals surface area (Å²) >= 11 is 0. The number of hydrogen-bond donors (Lipinski definition) is 1. The molecule has 0 aromatic carbocycles. The molecule has 0 bridgehead atoms. The third-order valence-corrected chi connectivity index (χ3v) is 3.83. The lowest BCUT2D eigenvalue weighted by molar-refractivity contribution is 0.113. The van der Waals surface area contributed by atoms with Gasteiger partial charge in [0.25, 0.3) is 0 Å². The van der Waals surface area contributed by atoms with E-state index in [1.807, 2.05) is 17.9 Å². The third kappa shape index (κ3) is 2.87. The normalized spacial score (nSPS) is 17.1. The Kier molecular flexibility index (Phi) is 4.71. The monoisotopic (exact) mass is 238 g/mol. The van der Waals surface area contributed by atoms with Crippen LogP contribution in [0.25, 0.3) is 0 Å². The smallest absolute Gasteiger partial charge is 0.0538 e. The number of rotatable bonds is 6. The van der Waals surface area contributed by atoms with Crippen molar-refractivity contribution >= 4 is 0 Å².